The molecule has 2 aliphatic heterocycles. The van der Waals surface area contributed by atoms with Gasteiger partial charge >= 0.3 is 12.6 Å². The number of halogens is 3. The van der Waals surface area contributed by atoms with Gasteiger partial charge in [-0.15, -0.1) is 0 Å². The zero-order valence-corrected chi connectivity index (χ0v) is 22.2. The van der Waals surface area contributed by atoms with Crippen LogP contribution < -0.4 is 10.1 Å². The smallest absolute Gasteiger partial charge is 0.387 e. The minimum absolute atomic E-state index is 0.0689. The molecule has 2 aromatic rings. The lowest BCUT2D eigenvalue weighted by Crippen LogP contribution is -2.58. The molecule has 12 heteroatoms. The highest BCUT2D eigenvalue weighted by Crippen LogP contribution is 2.38. The number of alkyl halides is 2. The minimum atomic E-state index is -3.09. The van der Waals surface area contributed by atoms with Crippen molar-refractivity contribution in [2.45, 2.75) is 69.6 Å². The number of amides is 1. The van der Waals surface area contributed by atoms with Gasteiger partial charge in [-0.2, -0.15) is 13.9 Å². The summed E-state index contributed by atoms with van der Waals surface area (Å²) in [4.78, 5) is 28.1. The molecule has 0 aliphatic carbocycles. The number of ether oxygens (including phenoxy) is 2. The molecule has 2 saturated heterocycles. The Hall–Kier alpha value is -2.76. The third kappa shape index (κ3) is 5.79. The summed E-state index contributed by atoms with van der Waals surface area (Å²) in [5.74, 6) is -1.57. The highest BCUT2D eigenvalue weighted by molar-refractivity contribution is 6.30. The van der Waals surface area contributed by atoms with E-state index in [-0.39, 0.29) is 28.9 Å². The van der Waals surface area contributed by atoms with Crippen molar-refractivity contribution >= 4 is 29.2 Å². The molecule has 0 saturated carbocycles. The number of aromatic nitrogens is 2. The van der Waals surface area contributed by atoms with Crippen LogP contribution >= 0.6 is 11.6 Å². The van der Waals surface area contributed by atoms with E-state index in [0.29, 0.717) is 39.0 Å². The Labute approximate surface area is 225 Å². The number of nitrogens with zero attached hydrogens (tertiary/aromatic N) is 3. The second-order valence-corrected chi connectivity index (χ2v) is 10.6. The van der Waals surface area contributed by atoms with Crippen LogP contribution in [0.3, 0.4) is 0 Å². The molecule has 0 spiro atoms. The Morgan fingerprint density at radius 2 is 1.95 bits per heavy atom. The van der Waals surface area contributed by atoms with Crippen LogP contribution in [0, 0.1) is 0 Å². The highest BCUT2D eigenvalue weighted by atomic mass is 35.5. The van der Waals surface area contributed by atoms with E-state index < -0.39 is 29.6 Å². The predicted molar refractivity (Wildman–Crippen MR) is 137 cm³/mol. The van der Waals surface area contributed by atoms with Crippen molar-refractivity contribution in [2.24, 2.45) is 0 Å². The maximum absolute atomic E-state index is 14.0. The fraction of sp³-hybridized carbons (Fsp3) is 0.577. The van der Waals surface area contributed by atoms with E-state index in [1.54, 1.807) is 10.9 Å². The zero-order chi connectivity index (χ0) is 27.5. The third-order valence-corrected chi connectivity index (χ3v) is 7.64. The van der Waals surface area contributed by atoms with Crippen molar-refractivity contribution in [1.29, 1.82) is 0 Å². The van der Waals surface area contributed by atoms with Crippen LogP contribution in [0.1, 0.15) is 57.6 Å². The Morgan fingerprint density at radius 3 is 2.55 bits per heavy atom. The van der Waals surface area contributed by atoms with Gasteiger partial charge in [-0.3, -0.25) is 14.4 Å². The van der Waals surface area contributed by atoms with Gasteiger partial charge in [0.1, 0.15) is 5.54 Å². The number of aliphatic carboxylic acids is 1. The molecule has 0 unspecified atom stereocenters. The number of carboxylic acids is 1. The quantitative estimate of drug-likeness (QED) is 0.462. The minimum Gasteiger partial charge on any atom is -0.479 e. The van der Waals surface area contributed by atoms with Crippen LogP contribution in [0.4, 0.5) is 14.5 Å². The number of piperidine rings is 1. The second-order valence-electron chi connectivity index (χ2n) is 10.2. The average molecular weight is 555 g/mol. The number of carboxylic acid groups (broad SMARTS) is 1. The Kier molecular flexibility index (Phi) is 8.59. The summed E-state index contributed by atoms with van der Waals surface area (Å²) in [6.45, 7) is 2.37. The second kappa shape index (κ2) is 11.5. The number of hydrogen-bond acceptors (Lipinski definition) is 6. The van der Waals surface area contributed by atoms with E-state index in [0.717, 1.165) is 18.5 Å². The molecule has 0 bridgehead atoms. The van der Waals surface area contributed by atoms with Crippen LogP contribution in [0.25, 0.3) is 0 Å². The van der Waals surface area contributed by atoms with Crippen molar-refractivity contribution in [1.82, 2.24) is 14.7 Å². The van der Waals surface area contributed by atoms with E-state index in [1.165, 1.54) is 18.2 Å². The third-order valence-electron chi connectivity index (χ3n) is 7.40. The van der Waals surface area contributed by atoms with E-state index in [1.807, 2.05) is 24.8 Å². The van der Waals surface area contributed by atoms with Crippen LogP contribution in [-0.2, 0) is 19.9 Å². The molecule has 1 aromatic carbocycles. The van der Waals surface area contributed by atoms with Crippen LogP contribution in [-0.4, -0.2) is 70.1 Å². The summed E-state index contributed by atoms with van der Waals surface area (Å²) in [6.07, 6.45) is 4.34. The lowest BCUT2D eigenvalue weighted by atomic mass is 9.84. The lowest BCUT2D eigenvalue weighted by Gasteiger charge is -2.44. The molecule has 2 fully saturated rings. The van der Waals surface area contributed by atoms with Crippen molar-refractivity contribution in [3.8, 4) is 5.75 Å². The first-order chi connectivity index (χ1) is 18.1. The van der Waals surface area contributed by atoms with Gasteiger partial charge in [0.15, 0.2) is 11.4 Å². The largest absolute Gasteiger partial charge is 0.479 e. The number of carbonyl (C=O) groups is 2. The fourth-order valence-electron chi connectivity index (χ4n) is 5.33. The van der Waals surface area contributed by atoms with Gasteiger partial charge in [0, 0.05) is 49.2 Å². The van der Waals surface area contributed by atoms with Crippen molar-refractivity contribution < 1.29 is 33.0 Å². The molecule has 4 rings (SSSR count). The van der Waals surface area contributed by atoms with E-state index in [4.69, 9.17) is 16.3 Å². The Balaban J connectivity index is 1.62. The monoisotopic (exact) mass is 554 g/mol. The normalized spacial score (nSPS) is 22.0. The molecule has 0 radical (unpaired) electrons. The van der Waals surface area contributed by atoms with E-state index >= 15 is 0 Å². The average Bonchev–Trinajstić information content (AvgIpc) is 3.37. The van der Waals surface area contributed by atoms with Gasteiger partial charge in [0.2, 0.25) is 0 Å². The molecule has 1 aromatic heterocycles. The van der Waals surface area contributed by atoms with Crippen molar-refractivity contribution in [2.75, 3.05) is 31.6 Å². The molecule has 9 nitrogen and oxygen atoms in total. The molecule has 1 atom stereocenters. The molecule has 2 N–H and O–H groups in total. The number of benzene rings is 1. The summed E-state index contributed by atoms with van der Waals surface area (Å²) in [5, 5.41) is 17.4. The molecule has 3 heterocycles. The van der Waals surface area contributed by atoms with Crippen molar-refractivity contribution in [3.05, 3.63) is 41.2 Å². The van der Waals surface area contributed by atoms with Gasteiger partial charge in [-0.1, -0.05) is 25.4 Å². The first-order valence-electron chi connectivity index (χ1n) is 12.8. The first-order valence-corrected chi connectivity index (χ1v) is 13.1. The predicted octanol–water partition coefficient (Wildman–Crippen LogP) is 4.72. The standard InChI is InChI=1S/C26H33ClF2N4O5/c1-17(2)20-7-11-30-33(20)25(22(34)31-19-6-5-18(27)15-21(19)38-24(28)29)9-12-32(13-10-25)16-26(23(35)36)8-3-4-14-37-26/h5-7,11,15,17,24H,3-4,8-10,12-14,16H2,1-2H3,(H,31,34)(H,35,36)/t26-/m0/s1. The number of likely N-dealkylation sites (tertiary alicyclic amines) is 1. The fourth-order valence-corrected chi connectivity index (χ4v) is 5.49. The van der Waals surface area contributed by atoms with Gasteiger partial charge in [-0.25, -0.2) is 4.79 Å². The van der Waals surface area contributed by atoms with Crippen molar-refractivity contribution in [3.63, 3.8) is 0 Å². The summed E-state index contributed by atoms with van der Waals surface area (Å²) < 4.78 is 38.2. The molecular weight excluding hydrogens is 522 g/mol. The molecule has 1 amide bonds. The number of hydrogen-bond donors (Lipinski definition) is 2. The van der Waals surface area contributed by atoms with Crippen LogP contribution in [0.2, 0.25) is 5.02 Å². The summed E-state index contributed by atoms with van der Waals surface area (Å²) in [7, 11) is 0. The summed E-state index contributed by atoms with van der Waals surface area (Å²) >= 11 is 5.97. The maximum atomic E-state index is 14.0. The van der Waals surface area contributed by atoms with Crippen LogP contribution in [0.5, 0.6) is 5.75 Å². The Morgan fingerprint density at radius 1 is 1.21 bits per heavy atom. The molecule has 38 heavy (non-hydrogen) atoms. The topological polar surface area (TPSA) is 106 Å². The number of anilines is 1. The van der Waals surface area contributed by atoms with Gasteiger partial charge < -0.3 is 19.9 Å². The van der Waals surface area contributed by atoms with E-state index in [2.05, 4.69) is 15.2 Å². The van der Waals surface area contributed by atoms with Gasteiger partial charge in [-0.05, 0) is 56.2 Å². The van der Waals surface area contributed by atoms with Gasteiger partial charge in [0.05, 0.1) is 5.69 Å². The zero-order valence-electron chi connectivity index (χ0n) is 21.5. The van der Waals surface area contributed by atoms with Gasteiger partial charge in [0.25, 0.3) is 5.91 Å². The van der Waals surface area contributed by atoms with Crippen LogP contribution in [0.15, 0.2) is 30.5 Å². The molecule has 208 valence electrons. The molecular formula is C26H33ClF2N4O5. The number of rotatable bonds is 9. The summed E-state index contributed by atoms with van der Waals surface area (Å²) in [6, 6.07) is 5.98. The van der Waals surface area contributed by atoms with E-state index in [9.17, 15) is 23.5 Å². The first kappa shape index (κ1) is 28.3. The maximum Gasteiger partial charge on any atom is 0.387 e. The SMILES string of the molecule is CC(C)c1ccnn1C1(C(=O)Nc2ccc(Cl)cc2OC(F)F)CCN(C[C@]2(C(=O)O)CCCCO2)CC1. The number of nitrogens with one attached hydrogen (secondary N) is 1. The Bertz CT molecular complexity index is 1140. The molecule has 2 aliphatic rings. The highest BCUT2D eigenvalue weighted by Gasteiger charge is 2.48. The number of carbonyl (C=O) groups excluding carboxylic acids is 1. The summed E-state index contributed by atoms with van der Waals surface area (Å²) in [5.41, 5.74) is -1.47. The lowest BCUT2D eigenvalue weighted by molar-refractivity contribution is -0.176.